The van der Waals surface area contributed by atoms with Crippen molar-refractivity contribution in [1.82, 2.24) is 4.98 Å². The van der Waals surface area contributed by atoms with Crippen molar-refractivity contribution in [3.05, 3.63) is 173 Å². The highest BCUT2D eigenvalue weighted by atomic mass is 32.2. The lowest BCUT2D eigenvalue weighted by Gasteiger charge is -2.39. The van der Waals surface area contributed by atoms with E-state index in [-0.39, 0.29) is 20.4 Å². The largest absolute Gasteiger partial charge is 0.368 e. The van der Waals surface area contributed by atoms with Gasteiger partial charge in [-0.2, -0.15) is 0 Å². The van der Waals surface area contributed by atoms with Gasteiger partial charge in [-0.1, -0.05) is 127 Å². The van der Waals surface area contributed by atoms with Gasteiger partial charge in [-0.25, -0.2) is 0 Å². The number of aromatic nitrogens is 1. The van der Waals surface area contributed by atoms with Gasteiger partial charge in [0, 0.05) is 37.4 Å². The van der Waals surface area contributed by atoms with Crippen molar-refractivity contribution in [3.8, 4) is 0 Å². The molecule has 7 rings (SSSR count). The standard InChI is InChI=1S/C43H45NO2S2/c1-5-18-34(19-6-1)42(35-20-7-2-8-21-35,47-40-28-13-15-30-45-40)32-38-26-17-27-39(44-38)33-43(36-22-9-3-10-23-36,37-24-11-4-12-25-37)48-41-29-14-16-31-46-41/h1-12,17-27,40-41H,13-16,28-33H2. The molecule has 2 unspecified atom stereocenters. The fourth-order valence-electron chi connectivity index (χ4n) is 7.22. The van der Waals surface area contributed by atoms with E-state index in [0.29, 0.717) is 0 Å². The molecule has 0 radical (unpaired) electrons. The van der Waals surface area contributed by atoms with E-state index in [2.05, 4.69) is 140 Å². The lowest BCUT2D eigenvalue weighted by Crippen LogP contribution is -2.33. The van der Waals surface area contributed by atoms with Crippen LogP contribution >= 0.6 is 23.5 Å². The Morgan fingerprint density at radius 3 is 1.12 bits per heavy atom. The molecular formula is C43H45NO2S2. The Balaban J connectivity index is 1.30. The molecule has 0 spiro atoms. The Labute approximate surface area is 294 Å². The van der Waals surface area contributed by atoms with Gasteiger partial charge in [-0.05, 0) is 72.9 Å². The average molecular weight is 672 g/mol. The van der Waals surface area contributed by atoms with E-state index in [9.17, 15) is 0 Å². The van der Waals surface area contributed by atoms with Crippen LogP contribution in [0.3, 0.4) is 0 Å². The lowest BCUT2D eigenvalue weighted by atomic mass is 9.85. The molecule has 48 heavy (non-hydrogen) atoms. The summed E-state index contributed by atoms with van der Waals surface area (Å²) >= 11 is 3.93. The monoisotopic (exact) mass is 671 g/mol. The normalized spacial score (nSPS) is 18.8. The van der Waals surface area contributed by atoms with Crippen molar-refractivity contribution in [2.75, 3.05) is 13.2 Å². The third kappa shape index (κ3) is 7.60. The molecule has 2 aliphatic rings. The van der Waals surface area contributed by atoms with Crippen molar-refractivity contribution in [2.45, 2.75) is 71.7 Å². The van der Waals surface area contributed by atoms with Crippen molar-refractivity contribution in [2.24, 2.45) is 0 Å². The molecule has 0 bridgehead atoms. The van der Waals surface area contributed by atoms with E-state index < -0.39 is 0 Å². The van der Waals surface area contributed by atoms with Gasteiger partial charge < -0.3 is 9.47 Å². The van der Waals surface area contributed by atoms with Crippen LogP contribution in [0.4, 0.5) is 0 Å². The zero-order chi connectivity index (χ0) is 32.5. The van der Waals surface area contributed by atoms with Gasteiger partial charge in [0.2, 0.25) is 0 Å². The van der Waals surface area contributed by atoms with Crippen LogP contribution < -0.4 is 0 Å². The lowest BCUT2D eigenvalue weighted by molar-refractivity contribution is 0.0718. The quantitative estimate of drug-likeness (QED) is 0.132. The topological polar surface area (TPSA) is 31.4 Å². The SMILES string of the molecule is c1ccc(C(Cc2cccc(CC(SC3CCCCO3)(c3ccccc3)c3ccccc3)n2)(SC2CCCCO2)c2ccccc2)cc1. The van der Waals surface area contributed by atoms with Crippen LogP contribution in [-0.2, 0) is 31.8 Å². The number of hydrogen-bond acceptors (Lipinski definition) is 5. The molecule has 246 valence electrons. The molecule has 3 heterocycles. The van der Waals surface area contributed by atoms with Crippen LogP contribution in [-0.4, -0.2) is 29.1 Å². The summed E-state index contributed by atoms with van der Waals surface area (Å²) in [5.74, 6) is 0. The van der Waals surface area contributed by atoms with E-state index in [1.807, 2.05) is 23.5 Å². The highest BCUT2D eigenvalue weighted by Crippen LogP contribution is 2.51. The molecule has 2 saturated heterocycles. The summed E-state index contributed by atoms with van der Waals surface area (Å²) in [7, 11) is 0. The van der Waals surface area contributed by atoms with Gasteiger partial charge in [0.15, 0.2) is 0 Å². The summed E-state index contributed by atoms with van der Waals surface area (Å²) in [5, 5.41) is 0. The second-order valence-electron chi connectivity index (χ2n) is 12.9. The number of pyridine rings is 1. The molecule has 0 amide bonds. The molecule has 5 aromatic rings. The van der Waals surface area contributed by atoms with Crippen molar-refractivity contribution >= 4 is 23.5 Å². The highest BCUT2D eigenvalue weighted by molar-refractivity contribution is 8.01. The zero-order valence-corrected chi connectivity index (χ0v) is 29.2. The fourth-order valence-corrected chi connectivity index (χ4v) is 10.6. The smallest absolute Gasteiger partial charge is 0.104 e. The van der Waals surface area contributed by atoms with Crippen molar-refractivity contribution < 1.29 is 9.47 Å². The Morgan fingerprint density at radius 2 is 0.812 bits per heavy atom. The molecule has 5 heteroatoms. The van der Waals surface area contributed by atoms with Crippen molar-refractivity contribution in [3.63, 3.8) is 0 Å². The van der Waals surface area contributed by atoms with Crippen LogP contribution in [0.2, 0.25) is 0 Å². The number of ether oxygens (including phenoxy) is 2. The van der Waals surface area contributed by atoms with E-state index in [0.717, 1.165) is 63.1 Å². The minimum absolute atomic E-state index is 0.137. The first-order valence-electron chi connectivity index (χ1n) is 17.5. The number of hydrogen-bond donors (Lipinski definition) is 0. The van der Waals surface area contributed by atoms with E-state index >= 15 is 0 Å². The Kier molecular flexibility index (Phi) is 11.0. The van der Waals surface area contributed by atoms with Crippen molar-refractivity contribution in [1.29, 1.82) is 0 Å². The summed E-state index contributed by atoms with van der Waals surface area (Å²) in [4.78, 5) is 5.52. The zero-order valence-electron chi connectivity index (χ0n) is 27.6. The predicted molar refractivity (Wildman–Crippen MR) is 201 cm³/mol. The second kappa shape index (κ2) is 15.9. The number of nitrogens with zero attached hydrogens (tertiary/aromatic N) is 1. The first-order valence-corrected chi connectivity index (χ1v) is 19.3. The van der Waals surface area contributed by atoms with Gasteiger partial charge in [0.25, 0.3) is 0 Å². The third-order valence-corrected chi connectivity index (χ3v) is 12.9. The maximum Gasteiger partial charge on any atom is 0.104 e. The fraction of sp³-hybridized carbons (Fsp3) is 0.326. The van der Waals surface area contributed by atoms with Crippen LogP contribution in [0, 0.1) is 0 Å². The molecule has 2 atom stereocenters. The predicted octanol–water partition coefficient (Wildman–Crippen LogP) is 10.6. The van der Waals surface area contributed by atoms with Crippen LogP contribution in [0.5, 0.6) is 0 Å². The van der Waals surface area contributed by atoms with Gasteiger partial charge in [-0.3, -0.25) is 4.98 Å². The summed E-state index contributed by atoms with van der Waals surface area (Å²) in [6.07, 6.45) is 8.35. The number of rotatable bonds is 12. The van der Waals surface area contributed by atoms with Gasteiger partial charge in [-0.15, -0.1) is 23.5 Å². The molecule has 2 fully saturated rings. The minimum Gasteiger partial charge on any atom is -0.368 e. The van der Waals surface area contributed by atoms with Gasteiger partial charge in [0.1, 0.15) is 10.9 Å². The molecule has 4 aromatic carbocycles. The van der Waals surface area contributed by atoms with E-state index in [1.165, 1.54) is 35.1 Å². The molecule has 3 nitrogen and oxygen atoms in total. The molecule has 0 saturated carbocycles. The van der Waals surface area contributed by atoms with Crippen LogP contribution in [0.15, 0.2) is 140 Å². The molecule has 2 aliphatic heterocycles. The summed E-state index contributed by atoms with van der Waals surface area (Å²) in [6.45, 7) is 1.66. The third-order valence-electron chi connectivity index (χ3n) is 9.63. The Hall–Kier alpha value is -3.35. The van der Waals surface area contributed by atoms with Gasteiger partial charge in [0.05, 0.1) is 9.49 Å². The maximum absolute atomic E-state index is 6.40. The summed E-state index contributed by atoms with van der Waals surface area (Å²) in [5.41, 5.74) is 7.61. The maximum atomic E-state index is 6.40. The first-order chi connectivity index (χ1) is 23.7. The Bertz CT molecular complexity index is 1490. The number of benzene rings is 4. The van der Waals surface area contributed by atoms with Crippen LogP contribution in [0.25, 0.3) is 0 Å². The molecule has 1 aromatic heterocycles. The second-order valence-corrected chi connectivity index (χ2v) is 15.8. The van der Waals surface area contributed by atoms with Gasteiger partial charge >= 0.3 is 0 Å². The van der Waals surface area contributed by atoms with Crippen LogP contribution in [0.1, 0.15) is 72.2 Å². The highest BCUT2D eigenvalue weighted by Gasteiger charge is 2.41. The number of thioether (sulfide) groups is 2. The average Bonchev–Trinajstić information content (AvgIpc) is 3.17. The minimum atomic E-state index is -0.350. The van der Waals surface area contributed by atoms with E-state index in [4.69, 9.17) is 14.5 Å². The Morgan fingerprint density at radius 1 is 0.458 bits per heavy atom. The summed E-state index contributed by atoms with van der Waals surface area (Å²) in [6, 6.07) is 50.7. The van der Waals surface area contributed by atoms with E-state index in [1.54, 1.807) is 0 Å². The summed E-state index contributed by atoms with van der Waals surface area (Å²) < 4.78 is 12.1. The molecule has 0 N–H and O–H groups in total. The molecular weight excluding hydrogens is 627 g/mol. The molecule has 0 aliphatic carbocycles. The first kappa shape index (κ1) is 33.2.